The number of oxime groups is 1. The average Bonchev–Trinajstić information content (AvgIpc) is 2.88. The number of fused-ring (bicyclic) bond motifs is 3. The Morgan fingerprint density at radius 1 is 0.957 bits per heavy atom. The van der Waals surface area contributed by atoms with Gasteiger partial charge in [0.05, 0.1) is 6.04 Å². The van der Waals surface area contributed by atoms with Crippen LogP contribution in [0.15, 0.2) is 53.7 Å². The van der Waals surface area contributed by atoms with Crippen LogP contribution in [0.5, 0.6) is 0 Å². The van der Waals surface area contributed by atoms with E-state index < -0.39 is 6.10 Å². The Morgan fingerprint density at radius 3 is 2.00 bits per heavy atom. The number of nitrogens with zero attached hydrogens (tertiary/aromatic N) is 1. The first-order chi connectivity index (χ1) is 11.2. The molecule has 3 N–H and O–H groups in total. The first kappa shape index (κ1) is 15.7. The molecule has 0 saturated carbocycles. The van der Waals surface area contributed by atoms with E-state index in [1.54, 1.807) is 0 Å². The molecule has 0 saturated heterocycles. The molecule has 2 aromatic rings. The van der Waals surface area contributed by atoms with Crippen molar-refractivity contribution in [3.63, 3.8) is 0 Å². The zero-order chi connectivity index (χ0) is 16.2. The highest BCUT2D eigenvalue weighted by atomic mass is 16.6. The van der Waals surface area contributed by atoms with Gasteiger partial charge in [-0.05, 0) is 25.0 Å². The summed E-state index contributed by atoms with van der Waals surface area (Å²) in [5, 5.41) is 16.3. The van der Waals surface area contributed by atoms with Crippen LogP contribution in [0.1, 0.15) is 25.0 Å². The lowest BCUT2D eigenvalue weighted by Gasteiger charge is -2.10. The summed E-state index contributed by atoms with van der Waals surface area (Å²) in [5.41, 5.74) is 5.36. The predicted molar refractivity (Wildman–Crippen MR) is 91.4 cm³/mol. The van der Waals surface area contributed by atoms with Gasteiger partial charge in [-0.15, -0.1) is 0 Å². The maximum Gasteiger partial charge on any atom is 0.148 e. The lowest BCUT2D eigenvalue weighted by molar-refractivity contribution is -0.688. The van der Waals surface area contributed by atoms with Crippen molar-refractivity contribution in [2.24, 2.45) is 5.16 Å². The number of quaternary nitrogens is 1. The molecule has 0 heterocycles. The van der Waals surface area contributed by atoms with E-state index >= 15 is 0 Å². The van der Waals surface area contributed by atoms with E-state index in [2.05, 4.69) is 48.6 Å². The van der Waals surface area contributed by atoms with Crippen molar-refractivity contribution >= 4 is 5.71 Å². The molecule has 1 atom stereocenters. The quantitative estimate of drug-likeness (QED) is 0.682. The van der Waals surface area contributed by atoms with Crippen LogP contribution in [-0.2, 0) is 4.84 Å². The lowest BCUT2D eigenvalue weighted by Crippen LogP contribution is -2.90. The Bertz CT molecular complexity index is 663. The Balaban J connectivity index is 1.75. The molecule has 0 unspecified atom stereocenters. The molecule has 120 valence electrons. The van der Waals surface area contributed by atoms with Crippen LogP contribution in [0.25, 0.3) is 11.1 Å². The number of nitrogens with two attached hydrogens (primary N) is 1. The number of rotatable bonds is 6. The molecule has 0 bridgehead atoms. The topological polar surface area (TPSA) is 58.4 Å². The van der Waals surface area contributed by atoms with E-state index in [1.165, 1.54) is 11.1 Å². The van der Waals surface area contributed by atoms with Gasteiger partial charge in [0, 0.05) is 11.1 Å². The minimum Gasteiger partial charge on any atom is -0.392 e. The standard InChI is InChI=1S/C19H22N2O2/c1-13(2)20-11-14(22)12-23-21-19-17-9-5-3-7-15(17)16-8-4-6-10-18(16)19/h3-10,13-14,20,22H,11-12H2,1-2H3/p+1/t14-/m1/s1. The van der Waals surface area contributed by atoms with Crippen molar-refractivity contribution in [1.82, 2.24) is 0 Å². The lowest BCUT2D eigenvalue weighted by atomic mass is 10.1. The number of hydrogen-bond donors (Lipinski definition) is 2. The van der Waals surface area contributed by atoms with E-state index in [9.17, 15) is 5.11 Å². The van der Waals surface area contributed by atoms with Gasteiger partial charge in [0.15, 0.2) is 0 Å². The number of aliphatic hydroxyl groups is 1. The molecule has 0 fully saturated rings. The molecule has 0 radical (unpaired) electrons. The van der Waals surface area contributed by atoms with Gasteiger partial charge in [-0.2, -0.15) is 0 Å². The zero-order valence-electron chi connectivity index (χ0n) is 13.6. The van der Waals surface area contributed by atoms with Crippen LogP contribution in [0.2, 0.25) is 0 Å². The fraction of sp³-hybridized carbons (Fsp3) is 0.316. The summed E-state index contributed by atoms with van der Waals surface area (Å²) in [4.78, 5) is 5.44. The Morgan fingerprint density at radius 2 is 1.48 bits per heavy atom. The summed E-state index contributed by atoms with van der Waals surface area (Å²) < 4.78 is 0. The van der Waals surface area contributed by atoms with E-state index in [-0.39, 0.29) is 6.61 Å². The fourth-order valence-electron chi connectivity index (χ4n) is 2.78. The maximum atomic E-state index is 9.94. The highest BCUT2D eigenvalue weighted by Gasteiger charge is 2.24. The van der Waals surface area contributed by atoms with Crippen LogP contribution < -0.4 is 5.32 Å². The second-order valence-corrected chi connectivity index (χ2v) is 6.20. The van der Waals surface area contributed by atoms with Crippen molar-refractivity contribution in [2.45, 2.75) is 26.0 Å². The summed E-state index contributed by atoms with van der Waals surface area (Å²) in [6, 6.07) is 16.9. The minimum atomic E-state index is -0.520. The van der Waals surface area contributed by atoms with E-state index in [0.717, 1.165) is 16.8 Å². The van der Waals surface area contributed by atoms with Crippen molar-refractivity contribution in [3.05, 3.63) is 59.7 Å². The largest absolute Gasteiger partial charge is 0.392 e. The summed E-state index contributed by atoms with van der Waals surface area (Å²) in [5.74, 6) is 0. The van der Waals surface area contributed by atoms with Gasteiger partial charge in [0.25, 0.3) is 0 Å². The SMILES string of the molecule is CC(C)[NH2+]C[C@@H](O)CON=C1c2ccccc2-c2ccccc21. The van der Waals surface area contributed by atoms with Crippen LogP contribution in [0.3, 0.4) is 0 Å². The van der Waals surface area contributed by atoms with Gasteiger partial charge in [-0.1, -0.05) is 53.7 Å². The molecule has 0 aromatic heterocycles. The molecule has 23 heavy (non-hydrogen) atoms. The molecule has 0 spiro atoms. The second-order valence-electron chi connectivity index (χ2n) is 6.20. The van der Waals surface area contributed by atoms with Gasteiger partial charge in [0.1, 0.15) is 25.0 Å². The van der Waals surface area contributed by atoms with Gasteiger partial charge in [-0.3, -0.25) is 0 Å². The van der Waals surface area contributed by atoms with Crippen LogP contribution in [-0.4, -0.2) is 36.1 Å². The van der Waals surface area contributed by atoms with Crippen molar-refractivity contribution in [1.29, 1.82) is 0 Å². The molecule has 0 amide bonds. The Hall–Kier alpha value is -2.17. The molecule has 0 aliphatic heterocycles. The summed E-state index contributed by atoms with van der Waals surface area (Å²) in [7, 11) is 0. The molecule has 4 heteroatoms. The first-order valence-electron chi connectivity index (χ1n) is 8.07. The van der Waals surface area contributed by atoms with E-state index in [1.807, 2.05) is 24.3 Å². The zero-order valence-corrected chi connectivity index (χ0v) is 13.6. The van der Waals surface area contributed by atoms with Gasteiger partial charge in [-0.25, -0.2) is 0 Å². The van der Waals surface area contributed by atoms with E-state index in [0.29, 0.717) is 12.6 Å². The normalized spacial score (nSPS) is 13.7. The van der Waals surface area contributed by atoms with Gasteiger partial charge in [0.2, 0.25) is 0 Å². The Kier molecular flexibility index (Phi) is 4.74. The summed E-state index contributed by atoms with van der Waals surface area (Å²) in [6.45, 7) is 5.02. The molecule has 2 aromatic carbocycles. The van der Waals surface area contributed by atoms with E-state index in [4.69, 9.17) is 4.84 Å². The smallest absolute Gasteiger partial charge is 0.148 e. The number of aliphatic hydroxyl groups excluding tert-OH is 1. The fourth-order valence-corrected chi connectivity index (χ4v) is 2.78. The number of benzene rings is 2. The molecular formula is C19H23N2O2+. The predicted octanol–water partition coefficient (Wildman–Crippen LogP) is 1.77. The summed E-state index contributed by atoms with van der Waals surface area (Å²) in [6.07, 6.45) is -0.520. The summed E-state index contributed by atoms with van der Waals surface area (Å²) >= 11 is 0. The van der Waals surface area contributed by atoms with Crippen LogP contribution >= 0.6 is 0 Å². The van der Waals surface area contributed by atoms with Crippen molar-refractivity contribution < 1.29 is 15.3 Å². The highest BCUT2D eigenvalue weighted by Crippen LogP contribution is 2.36. The first-order valence-corrected chi connectivity index (χ1v) is 8.07. The third-order valence-electron chi connectivity index (χ3n) is 3.96. The second kappa shape index (κ2) is 6.94. The molecule has 3 rings (SSSR count). The monoisotopic (exact) mass is 311 g/mol. The third-order valence-corrected chi connectivity index (χ3v) is 3.96. The molecule has 4 nitrogen and oxygen atoms in total. The molecule has 1 aliphatic carbocycles. The highest BCUT2D eigenvalue weighted by molar-refractivity contribution is 6.24. The van der Waals surface area contributed by atoms with Gasteiger partial charge < -0.3 is 15.3 Å². The average molecular weight is 311 g/mol. The van der Waals surface area contributed by atoms with Crippen LogP contribution in [0, 0.1) is 0 Å². The molecule has 1 aliphatic rings. The number of hydrogen-bond acceptors (Lipinski definition) is 3. The van der Waals surface area contributed by atoms with Crippen molar-refractivity contribution in [2.75, 3.05) is 13.2 Å². The Labute approximate surface area is 136 Å². The van der Waals surface area contributed by atoms with Crippen LogP contribution in [0.4, 0.5) is 0 Å². The van der Waals surface area contributed by atoms with Crippen molar-refractivity contribution in [3.8, 4) is 11.1 Å². The third kappa shape index (κ3) is 3.44. The van der Waals surface area contributed by atoms with Gasteiger partial charge >= 0.3 is 0 Å². The minimum absolute atomic E-state index is 0.205. The molecular weight excluding hydrogens is 288 g/mol. The maximum absolute atomic E-state index is 9.94.